The monoisotopic (exact) mass is 293 g/mol. The first kappa shape index (κ1) is 14.5. The van der Waals surface area contributed by atoms with Gasteiger partial charge in [0.05, 0.1) is 13.2 Å². The molecule has 20 heavy (non-hydrogen) atoms. The van der Waals surface area contributed by atoms with E-state index in [1.165, 1.54) is 0 Å². The van der Waals surface area contributed by atoms with Crippen molar-refractivity contribution in [3.8, 4) is 5.75 Å². The third-order valence-corrected chi connectivity index (χ3v) is 3.01. The Bertz CT molecular complexity index is 563. The Morgan fingerprint density at radius 3 is 2.60 bits per heavy atom. The highest BCUT2D eigenvalue weighted by Gasteiger charge is 2.09. The molecule has 4 nitrogen and oxygen atoms in total. The van der Waals surface area contributed by atoms with Gasteiger partial charge in [0.15, 0.2) is 0 Å². The number of hydrogen-bond acceptors (Lipinski definition) is 3. The molecule has 1 heterocycles. The second-order valence-electron chi connectivity index (χ2n) is 4.30. The van der Waals surface area contributed by atoms with E-state index in [0.29, 0.717) is 30.4 Å². The van der Waals surface area contributed by atoms with Gasteiger partial charge < -0.3 is 14.0 Å². The second-order valence-corrected chi connectivity index (χ2v) is 4.73. The number of aromatic nitrogens is 1. The van der Waals surface area contributed by atoms with Crippen LogP contribution in [-0.4, -0.2) is 23.8 Å². The number of carbonyl (C=O) groups is 1. The number of hydrogen-bond donors (Lipinski definition) is 0. The summed E-state index contributed by atoms with van der Waals surface area (Å²) in [6.45, 7) is 0.819. The molecule has 0 saturated heterocycles. The van der Waals surface area contributed by atoms with E-state index in [1.54, 1.807) is 54.2 Å². The minimum Gasteiger partial charge on any atom is -0.493 e. The smallest absolute Gasteiger partial charge is 0.354 e. The fourth-order valence-electron chi connectivity index (χ4n) is 1.69. The Morgan fingerprint density at radius 1 is 1.20 bits per heavy atom. The first-order chi connectivity index (χ1) is 9.66. The Kier molecular flexibility index (Phi) is 5.07. The van der Waals surface area contributed by atoms with Crippen LogP contribution >= 0.6 is 11.6 Å². The average Bonchev–Trinajstić information content (AvgIpc) is 2.86. The van der Waals surface area contributed by atoms with Crippen LogP contribution in [0.4, 0.5) is 0 Å². The summed E-state index contributed by atoms with van der Waals surface area (Å²) in [5, 5.41) is 0.675. The Labute approximate surface area is 122 Å². The van der Waals surface area contributed by atoms with Crippen LogP contribution < -0.4 is 4.74 Å². The van der Waals surface area contributed by atoms with E-state index in [2.05, 4.69) is 0 Å². The van der Waals surface area contributed by atoms with Crippen molar-refractivity contribution in [2.24, 2.45) is 7.05 Å². The maximum atomic E-state index is 11.7. The van der Waals surface area contributed by atoms with Gasteiger partial charge in [-0.2, -0.15) is 0 Å². The number of aryl methyl sites for hydroxylation is 1. The molecule has 1 aromatic carbocycles. The van der Waals surface area contributed by atoms with E-state index in [4.69, 9.17) is 21.1 Å². The van der Waals surface area contributed by atoms with Crippen LogP contribution in [0.1, 0.15) is 16.9 Å². The standard InChI is InChI=1S/C15H16ClNO3/c1-17-9-2-4-14(17)15(18)20-11-3-10-19-13-7-5-12(16)6-8-13/h2,4-9H,3,10-11H2,1H3. The molecule has 0 radical (unpaired) electrons. The van der Waals surface area contributed by atoms with E-state index in [-0.39, 0.29) is 5.97 Å². The third-order valence-electron chi connectivity index (χ3n) is 2.76. The van der Waals surface area contributed by atoms with Gasteiger partial charge in [0.25, 0.3) is 0 Å². The number of benzene rings is 1. The van der Waals surface area contributed by atoms with Crippen molar-refractivity contribution in [1.82, 2.24) is 4.57 Å². The molecular formula is C15H16ClNO3. The Hall–Kier alpha value is -1.94. The summed E-state index contributed by atoms with van der Waals surface area (Å²) in [5.74, 6) is 0.437. The lowest BCUT2D eigenvalue weighted by Gasteiger charge is -2.07. The molecule has 5 heteroatoms. The van der Waals surface area contributed by atoms with E-state index in [1.807, 2.05) is 0 Å². The minimum atomic E-state index is -0.316. The molecule has 0 aliphatic carbocycles. The number of ether oxygens (including phenoxy) is 2. The Balaban J connectivity index is 1.66. The molecule has 0 saturated carbocycles. The molecule has 1 aromatic heterocycles. The zero-order valence-electron chi connectivity index (χ0n) is 11.2. The highest BCUT2D eigenvalue weighted by Crippen LogP contribution is 2.15. The third kappa shape index (κ3) is 4.03. The number of rotatable bonds is 6. The van der Waals surface area contributed by atoms with Gasteiger partial charge in [-0.25, -0.2) is 4.79 Å². The van der Waals surface area contributed by atoms with Crippen molar-refractivity contribution in [2.75, 3.05) is 13.2 Å². The SMILES string of the molecule is Cn1cccc1C(=O)OCCCOc1ccc(Cl)cc1. The van der Waals surface area contributed by atoms with Gasteiger partial charge in [0, 0.05) is 24.7 Å². The maximum Gasteiger partial charge on any atom is 0.354 e. The highest BCUT2D eigenvalue weighted by molar-refractivity contribution is 6.30. The topological polar surface area (TPSA) is 40.5 Å². The predicted molar refractivity (Wildman–Crippen MR) is 77.3 cm³/mol. The summed E-state index contributed by atoms with van der Waals surface area (Å²) in [6.07, 6.45) is 2.44. The quantitative estimate of drug-likeness (QED) is 0.606. The van der Waals surface area contributed by atoms with Crippen molar-refractivity contribution in [1.29, 1.82) is 0 Å². The molecule has 0 amide bonds. The molecule has 0 fully saturated rings. The van der Waals surface area contributed by atoms with E-state index in [0.717, 1.165) is 5.75 Å². The van der Waals surface area contributed by atoms with Gasteiger partial charge >= 0.3 is 5.97 Å². The van der Waals surface area contributed by atoms with Crippen LogP contribution in [0.5, 0.6) is 5.75 Å². The molecular weight excluding hydrogens is 278 g/mol. The zero-order valence-corrected chi connectivity index (χ0v) is 12.0. The molecule has 106 valence electrons. The molecule has 0 N–H and O–H groups in total. The fourth-order valence-corrected chi connectivity index (χ4v) is 1.82. The molecule has 0 aliphatic rings. The largest absolute Gasteiger partial charge is 0.493 e. The lowest BCUT2D eigenvalue weighted by molar-refractivity contribution is 0.0475. The van der Waals surface area contributed by atoms with Crippen molar-refractivity contribution in [3.63, 3.8) is 0 Å². The summed E-state index contributed by atoms with van der Waals surface area (Å²) >= 11 is 5.78. The molecule has 2 aromatic rings. The summed E-state index contributed by atoms with van der Waals surface area (Å²) in [6, 6.07) is 10.7. The molecule has 2 rings (SSSR count). The average molecular weight is 294 g/mol. The van der Waals surface area contributed by atoms with Crippen LogP contribution in [0.25, 0.3) is 0 Å². The van der Waals surface area contributed by atoms with Crippen molar-refractivity contribution < 1.29 is 14.3 Å². The van der Waals surface area contributed by atoms with Crippen LogP contribution in [0.2, 0.25) is 5.02 Å². The zero-order chi connectivity index (χ0) is 14.4. The molecule has 0 aliphatic heterocycles. The Morgan fingerprint density at radius 2 is 1.95 bits per heavy atom. The van der Waals surface area contributed by atoms with Gasteiger partial charge in [-0.3, -0.25) is 0 Å². The number of nitrogens with zero attached hydrogens (tertiary/aromatic N) is 1. The van der Waals surface area contributed by atoms with Crippen LogP contribution in [0.15, 0.2) is 42.6 Å². The number of halogens is 1. The summed E-state index contributed by atoms with van der Waals surface area (Å²) < 4.78 is 12.4. The van der Waals surface area contributed by atoms with E-state index >= 15 is 0 Å². The molecule has 0 spiro atoms. The molecule has 0 atom stereocenters. The maximum absolute atomic E-state index is 11.7. The van der Waals surface area contributed by atoms with Gasteiger partial charge in [0.2, 0.25) is 0 Å². The van der Waals surface area contributed by atoms with Gasteiger partial charge in [-0.15, -0.1) is 0 Å². The molecule has 0 bridgehead atoms. The van der Waals surface area contributed by atoms with Crippen LogP contribution in [-0.2, 0) is 11.8 Å². The van der Waals surface area contributed by atoms with Crippen molar-refractivity contribution in [3.05, 3.63) is 53.3 Å². The number of esters is 1. The predicted octanol–water partition coefficient (Wildman–Crippen LogP) is 3.30. The van der Waals surface area contributed by atoms with Crippen LogP contribution in [0, 0.1) is 0 Å². The van der Waals surface area contributed by atoms with Gasteiger partial charge in [0.1, 0.15) is 11.4 Å². The van der Waals surface area contributed by atoms with Gasteiger partial charge in [-0.05, 0) is 36.4 Å². The van der Waals surface area contributed by atoms with E-state index < -0.39 is 0 Å². The highest BCUT2D eigenvalue weighted by atomic mass is 35.5. The summed E-state index contributed by atoms with van der Waals surface area (Å²) in [7, 11) is 1.81. The van der Waals surface area contributed by atoms with Crippen LogP contribution in [0.3, 0.4) is 0 Å². The first-order valence-electron chi connectivity index (χ1n) is 6.33. The normalized spacial score (nSPS) is 10.3. The second kappa shape index (κ2) is 7.01. The lowest BCUT2D eigenvalue weighted by Crippen LogP contribution is -2.12. The summed E-state index contributed by atoms with van der Waals surface area (Å²) in [4.78, 5) is 11.7. The van der Waals surface area contributed by atoms with Crippen molar-refractivity contribution >= 4 is 17.6 Å². The van der Waals surface area contributed by atoms with E-state index in [9.17, 15) is 4.79 Å². The lowest BCUT2D eigenvalue weighted by atomic mass is 10.3. The van der Waals surface area contributed by atoms with Crippen molar-refractivity contribution in [2.45, 2.75) is 6.42 Å². The minimum absolute atomic E-state index is 0.316. The number of carbonyl (C=O) groups excluding carboxylic acids is 1. The van der Waals surface area contributed by atoms with Gasteiger partial charge in [-0.1, -0.05) is 11.6 Å². The summed E-state index contributed by atoms with van der Waals surface area (Å²) in [5.41, 5.74) is 0.545. The fraction of sp³-hybridized carbons (Fsp3) is 0.267. The first-order valence-corrected chi connectivity index (χ1v) is 6.71. The molecule has 0 unspecified atom stereocenters.